The molecule has 1 unspecified atom stereocenters. The third-order valence-corrected chi connectivity index (χ3v) is 2.32. The minimum atomic E-state index is 0.452. The summed E-state index contributed by atoms with van der Waals surface area (Å²) in [4.78, 5) is 8.85. The predicted molar refractivity (Wildman–Crippen MR) is 54.3 cm³/mol. The van der Waals surface area contributed by atoms with E-state index in [0.29, 0.717) is 12.0 Å². The number of nitrogens with zero attached hydrogens (tertiary/aromatic N) is 2. The van der Waals surface area contributed by atoms with Gasteiger partial charge in [0.05, 0.1) is 6.54 Å². The van der Waals surface area contributed by atoms with E-state index in [1.165, 1.54) is 5.71 Å². The van der Waals surface area contributed by atoms with Crippen LogP contribution in [0.15, 0.2) is 9.98 Å². The molecular formula is C10H18N2. The van der Waals surface area contributed by atoms with Crippen molar-refractivity contribution in [1.82, 2.24) is 0 Å². The Balaban J connectivity index is 2.50. The molecule has 1 atom stereocenters. The second-order valence-electron chi connectivity index (χ2n) is 3.74. The first-order valence-corrected chi connectivity index (χ1v) is 4.74. The summed E-state index contributed by atoms with van der Waals surface area (Å²) in [5.41, 5.74) is 1.28. The van der Waals surface area contributed by atoms with Gasteiger partial charge < -0.3 is 0 Å². The van der Waals surface area contributed by atoms with Crippen molar-refractivity contribution >= 4 is 11.9 Å². The SMILES string of the molecule is CC(C)C(C)N=C1CCC=NC1. The van der Waals surface area contributed by atoms with Gasteiger partial charge in [0.15, 0.2) is 0 Å². The molecule has 1 aliphatic rings. The smallest absolute Gasteiger partial charge is 0.0764 e. The summed E-state index contributed by atoms with van der Waals surface area (Å²) < 4.78 is 0. The summed E-state index contributed by atoms with van der Waals surface area (Å²) in [6.45, 7) is 7.43. The van der Waals surface area contributed by atoms with E-state index >= 15 is 0 Å². The maximum absolute atomic E-state index is 4.64. The Morgan fingerprint density at radius 1 is 1.42 bits per heavy atom. The lowest BCUT2D eigenvalue weighted by molar-refractivity contribution is 0.529. The van der Waals surface area contributed by atoms with Crippen LogP contribution in [0.4, 0.5) is 0 Å². The highest BCUT2D eigenvalue weighted by Crippen LogP contribution is 2.08. The molecule has 0 aromatic heterocycles. The monoisotopic (exact) mass is 166 g/mol. The van der Waals surface area contributed by atoms with Crippen molar-refractivity contribution in [2.75, 3.05) is 6.54 Å². The molecule has 68 valence electrons. The molecule has 0 radical (unpaired) electrons. The van der Waals surface area contributed by atoms with E-state index in [4.69, 9.17) is 0 Å². The van der Waals surface area contributed by atoms with Gasteiger partial charge in [0.1, 0.15) is 0 Å². The van der Waals surface area contributed by atoms with E-state index in [1.807, 2.05) is 6.21 Å². The van der Waals surface area contributed by atoms with Crippen LogP contribution in [-0.2, 0) is 0 Å². The Morgan fingerprint density at radius 2 is 2.17 bits per heavy atom. The summed E-state index contributed by atoms with van der Waals surface area (Å²) >= 11 is 0. The van der Waals surface area contributed by atoms with E-state index in [2.05, 4.69) is 30.8 Å². The fraction of sp³-hybridized carbons (Fsp3) is 0.800. The van der Waals surface area contributed by atoms with Gasteiger partial charge in [-0.1, -0.05) is 13.8 Å². The summed E-state index contributed by atoms with van der Waals surface area (Å²) in [5.74, 6) is 0.642. The Hall–Kier alpha value is -0.660. The summed E-state index contributed by atoms with van der Waals surface area (Å²) in [6.07, 6.45) is 4.18. The standard InChI is InChI=1S/C10H18N2/c1-8(2)9(3)12-10-5-4-6-11-7-10/h6,8-9H,4-5,7H2,1-3H3. The molecule has 0 saturated carbocycles. The van der Waals surface area contributed by atoms with Crippen LogP contribution in [0.25, 0.3) is 0 Å². The van der Waals surface area contributed by atoms with Gasteiger partial charge in [0.2, 0.25) is 0 Å². The van der Waals surface area contributed by atoms with Gasteiger partial charge in [-0.05, 0) is 31.9 Å². The van der Waals surface area contributed by atoms with Crippen molar-refractivity contribution < 1.29 is 0 Å². The maximum Gasteiger partial charge on any atom is 0.0764 e. The summed E-state index contributed by atoms with van der Waals surface area (Å²) in [7, 11) is 0. The van der Waals surface area contributed by atoms with E-state index in [9.17, 15) is 0 Å². The molecule has 0 aliphatic carbocycles. The zero-order valence-electron chi connectivity index (χ0n) is 8.25. The minimum Gasteiger partial charge on any atom is -0.292 e. The Morgan fingerprint density at radius 3 is 2.67 bits per heavy atom. The molecule has 0 aromatic carbocycles. The minimum absolute atomic E-state index is 0.452. The highest BCUT2D eigenvalue weighted by Gasteiger charge is 2.08. The van der Waals surface area contributed by atoms with Crippen LogP contribution in [0.5, 0.6) is 0 Å². The largest absolute Gasteiger partial charge is 0.292 e. The predicted octanol–water partition coefficient (Wildman–Crippen LogP) is 2.34. The lowest BCUT2D eigenvalue weighted by atomic mass is 10.1. The van der Waals surface area contributed by atoms with Gasteiger partial charge in [-0.15, -0.1) is 0 Å². The van der Waals surface area contributed by atoms with Crippen molar-refractivity contribution in [3.8, 4) is 0 Å². The number of aliphatic imine (C=N–C) groups is 2. The van der Waals surface area contributed by atoms with Crippen LogP contribution in [0, 0.1) is 5.92 Å². The molecule has 1 heterocycles. The van der Waals surface area contributed by atoms with E-state index in [-0.39, 0.29) is 0 Å². The van der Waals surface area contributed by atoms with Gasteiger partial charge in [0, 0.05) is 11.8 Å². The van der Waals surface area contributed by atoms with Gasteiger partial charge in [-0.25, -0.2) is 0 Å². The Bertz CT molecular complexity index is 192. The van der Waals surface area contributed by atoms with Crippen LogP contribution in [-0.4, -0.2) is 24.5 Å². The molecule has 2 heteroatoms. The number of hydrogen-bond donors (Lipinski definition) is 0. The van der Waals surface area contributed by atoms with Crippen molar-refractivity contribution in [2.45, 2.75) is 39.7 Å². The van der Waals surface area contributed by atoms with E-state index < -0.39 is 0 Å². The van der Waals surface area contributed by atoms with Crippen molar-refractivity contribution in [3.63, 3.8) is 0 Å². The fourth-order valence-electron chi connectivity index (χ4n) is 1.11. The molecule has 0 N–H and O–H groups in total. The van der Waals surface area contributed by atoms with E-state index in [0.717, 1.165) is 19.4 Å². The molecule has 0 aromatic rings. The number of rotatable bonds is 2. The second-order valence-corrected chi connectivity index (χ2v) is 3.74. The summed E-state index contributed by atoms with van der Waals surface area (Å²) in [6, 6.07) is 0.452. The quantitative estimate of drug-likeness (QED) is 0.601. The van der Waals surface area contributed by atoms with Gasteiger partial charge in [-0.3, -0.25) is 9.98 Å². The molecule has 0 amide bonds. The van der Waals surface area contributed by atoms with Crippen molar-refractivity contribution in [2.24, 2.45) is 15.9 Å². The molecule has 0 spiro atoms. The van der Waals surface area contributed by atoms with Crippen LogP contribution < -0.4 is 0 Å². The van der Waals surface area contributed by atoms with Crippen molar-refractivity contribution in [3.05, 3.63) is 0 Å². The fourth-order valence-corrected chi connectivity index (χ4v) is 1.11. The molecule has 1 aliphatic heterocycles. The summed E-state index contributed by atoms with van der Waals surface area (Å²) in [5, 5.41) is 0. The Labute approximate surface area is 74.8 Å². The molecule has 0 saturated heterocycles. The third kappa shape index (κ3) is 2.76. The molecular weight excluding hydrogens is 148 g/mol. The molecule has 12 heavy (non-hydrogen) atoms. The normalized spacial score (nSPS) is 23.5. The molecule has 0 fully saturated rings. The average molecular weight is 166 g/mol. The Kier molecular flexibility index (Phi) is 3.45. The van der Waals surface area contributed by atoms with Crippen molar-refractivity contribution in [1.29, 1.82) is 0 Å². The van der Waals surface area contributed by atoms with Gasteiger partial charge >= 0.3 is 0 Å². The third-order valence-electron chi connectivity index (χ3n) is 2.32. The van der Waals surface area contributed by atoms with Crippen LogP contribution in [0.2, 0.25) is 0 Å². The van der Waals surface area contributed by atoms with Crippen LogP contribution >= 0.6 is 0 Å². The lowest BCUT2D eigenvalue weighted by Gasteiger charge is -2.14. The maximum atomic E-state index is 4.64. The highest BCUT2D eigenvalue weighted by molar-refractivity contribution is 5.91. The zero-order valence-corrected chi connectivity index (χ0v) is 8.25. The van der Waals surface area contributed by atoms with E-state index in [1.54, 1.807) is 0 Å². The highest BCUT2D eigenvalue weighted by atomic mass is 14.8. The van der Waals surface area contributed by atoms with Gasteiger partial charge in [0.25, 0.3) is 0 Å². The molecule has 2 nitrogen and oxygen atoms in total. The molecule has 0 bridgehead atoms. The first kappa shape index (κ1) is 9.43. The van der Waals surface area contributed by atoms with Gasteiger partial charge in [-0.2, -0.15) is 0 Å². The zero-order chi connectivity index (χ0) is 8.97. The lowest BCUT2D eigenvalue weighted by Crippen LogP contribution is -2.15. The van der Waals surface area contributed by atoms with Crippen LogP contribution in [0.1, 0.15) is 33.6 Å². The van der Waals surface area contributed by atoms with Crippen LogP contribution in [0.3, 0.4) is 0 Å². The second kappa shape index (κ2) is 4.39. The first-order valence-electron chi connectivity index (χ1n) is 4.74. The number of hydrogen-bond acceptors (Lipinski definition) is 2. The first-order chi connectivity index (χ1) is 5.70. The molecule has 1 rings (SSSR count). The topological polar surface area (TPSA) is 24.7 Å². The average Bonchev–Trinajstić information content (AvgIpc) is 2.06.